The van der Waals surface area contributed by atoms with E-state index in [0.29, 0.717) is 37.5 Å². The summed E-state index contributed by atoms with van der Waals surface area (Å²) in [6.07, 6.45) is -3.47. The van der Waals surface area contributed by atoms with Crippen molar-refractivity contribution in [2.24, 2.45) is 0 Å². The zero-order valence-electron chi connectivity index (χ0n) is 12.6. The van der Waals surface area contributed by atoms with Gasteiger partial charge in [-0.1, -0.05) is 13.8 Å². The Kier molecular flexibility index (Phi) is 4.88. The topological polar surface area (TPSA) is 46.0 Å². The van der Waals surface area contributed by atoms with Gasteiger partial charge in [-0.05, 0) is 19.9 Å². The molecule has 0 aromatic carbocycles. The molecule has 5 nitrogen and oxygen atoms in total. The number of hydrogen-bond acceptors (Lipinski definition) is 4. The van der Waals surface area contributed by atoms with Crippen LogP contribution in [-0.2, 0) is 19.3 Å². The number of nitrogens with one attached hydrogen (secondary N) is 1. The Morgan fingerprint density at radius 1 is 1.19 bits per heavy atom. The lowest BCUT2D eigenvalue weighted by atomic mass is 10.1. The molecule has 21 heavy (non-hydrogen) atoms. The zero-order valence-corrected chi connectivity index (χ0v) is 12.6. The third-order valence-corrected chi connectivity index (χ3v) is 3.77. The summed E-state index contributed by atoms with van der Waals surface area (Å²) >= 11 is 0. The van der Waals surface area contributed by atoms with Crippen molar-refractivity contribution in [3.63, 3.8) is 0 Å². The van der Waals surface area contributed by atoms with Crippen LogP contribution in [0.2, 0.25) is 0 Å². The highest BCUT2D eigenvalue weighted by Gasteiger charge is 2.39. The normalized spacial score (nSPS) is 18.0. The quantitative estimate of drug-likeness (QED) is 0.902. The number of nitrogens with zero attached hydrogens (tertiary/aromatic N) is 4. The molecule has 0 fully saturated rings. The lowest BCUT2D eigenvalue weighted by Gasteiger charge is -2.33. The van der Waals surface area contributed by atoms with Gasteiger partial charge >= 0.3 is 6.18 Å². The van der Waals surface area contributed by atoms with E-state index in [9.17, 15) is 13.2 Å². The zero-order chi connectivity index (χ0) is 15.6. The van der Waals surface area contributed by atoms with Crippen LogP contribution in [0.5, 0.6) is 0 Å². The Labute approximate surface area is 122 Å². The Balaban J connectivity index is 1.95. The van der Waals surface area contributed by atoms with Gasteiger partial charge in [0.2, 0.25) is 5.82 Å². The third-order valence-electron chi connectivity index (χ3n) is 3.77. The van der Waals surface area contributed by atoms with Gasteiger partial charge in [-0.3, -0.25) is 4.90 Å². The molecule has 1 N–H and O–H groups in total. The van der Waals surface area contributed by atoms with Crippen molar-refractivity contribution >= 4 is 0 Å². The van der Waals surface area contributed by atoms with E-state index >= 15 is 0 Å². The summed E-state index contributed by atoms with van der Waals surface area (Å²) in [5.41, 5.74) is 0. The van der Waals surface area contributed by atoms with Crippen LogP contribution >= 0.6 is 0 Å². The molecule has 8 heteroatoms. The lowest BCUT2D eigenvalue weighted by molar-refractivity contribution is -0.148. The lowest BCUT2D eigenvalue weighted by Crippen LogP contribution is -2.42. The van der Waals surface area contributed by atoms with Crippen molar-refractivity contribution in [1.82, 2.24) is 25.0 Å². The average molecular weight is 305 g/mol. The highest BCUT2D eigenvalue weighted by Crippen LogP contribution is 2.29. The summed E-state index contributed by atoms with van der Waals surface area (Å²) in [4.78, 5) is 2.16. The molecule has 0 spiro atoms. The minimum atomic E-state index is -4.43. The first kappa shape index (κ1) is 16.2. The molecule has 0 aliphatic carbocycles. The smallest absolute Gasteiger partial charge is 0.314 e. The minimum Gasteiger partial charge on any atom is -0.314 e. The molecule has 1 aromatic heterocycles. The third kappa shape index (κ3) is 3.94. The van der Waals surface area contributed by atoms with Gasteiger partial charge in [0.25, 0.3) is 0 Å². The fourth-order valence-corrected chi connectivity index (χ4v) is 2.53. The summed E-state index contributed by atoms with van der Waals surface area (Å²) in [6, 6.07) is 0.743. The van der Waals surface area contributed by atoms with Crippen molar-refractivity contribution in [1.29, 1.82) is 0 Å². The fourth-order valence-electron chi connectivity index (χ4n) is 2.53. The first-order valence-electron chi connectivity index (χ1n) is 7.25. The van der Waals surface area contributed by atoms with Gasteiger partial charge in [0, 0.05) is 25.2 Å². The number of halogens is 3. The second-order valence-electron chi connectivity index (χ2n) is 5.81. The van der Waals surface area contributed by atoms with Crippen LogP contribution in [0.4, 0.5) is 13.2 Å². The van der Waals surface area contributed by atoms with Crippen LogP contribution in [0.3, 0.4) is 0 Å². The van der Waals surface area contributed by atoms with Crippen molar-refractivity contribution in [2.45, 2.75) is 58.5 Å². The second-order valence-corrected chi connectivity index (χ2v) is 5.81. The van der Waals surface area contributed by atoms with Crippen LogP contribution in [0.25, 0.3) is 0 Å². The second kappa shape index (κ2) is 6.31. The van der Waals surface area contributed by atoms with Crippen LogP contribution in [0.1, 0.15) is 38.8 Å². The predicted octanol–water partition coefficient (Wildman–Crippen LogP) is 1.89. The van der Waals surface area contributed by atoms with Gasteiger partial charge in [0.15, 0.2) is 0 Å². The summed E-state index contributed by atoms with van der Waals surface area (Å²) in [5, 5.41) is 10.3. The van der Waals surface area contributed by atoms with Gasteiger partial charge in [0.1, 0.15) is 5.82 Å². The van der Waals surface area contributed by atoms with Crippen molar-refractivity contribution in [3.8, 4) is 0 Å². The molecule has 2 rings (SSSR count). The number of alkyl halides is 3. The van der Waals surface area contributed by atoms with Gasteiger partial charge in [-0.2, -0.15) is 13.2 Å². The summed E-state index contributed by atoms with van der Waals surface area (Å²) in [5.74, 6) is -0.483. The molecular formula is C13H22F3N5. The molecule has 1 atom stereocenters. The highest BCUT2D eigenvalue weighted by molar-refractivity contribution is 5.02. The maximum absolute atomic E-state index is 12.8. The average Bonchev–Trinajstić information content (AvgIpc) is 2.80. The van der Waals surface area contributed by atoms with Gasteiger partial charge in [0.05, 0.1) is 6.54 Å². The largest absolute Gasteiger partial charge is 0.451 e. The van der Waals surface area contributed by atoms with Crippen molar-refractivity contribution < 1.29 is 13.2 Å². The summed E-state index contributed by atoms with van der Waals surface area (Å²) in [6.45, 7) is 8.48. The van der Waals surface area contributed by atoms with E-state index < -0.39 is 12.0 Å². The molecule has 0 radical (unpaired) electrons. The molecule has 0 bridgehead atoms. The number of aromatic nitrogens is 3. The van der Waals surface area contributed by atoms with Gasteiger partial charge < -0.3 is 9.88 Å². The Bertz CT molecular complexity index is 469. The first-order chi connectivity index (χ1) is 9.79. The van der Waals surface area contributed by atoms with Gasteiger partial charge in [-0.15, -0.1) is 10.2 Å². The maximum atomic E-state index is 12.8. The molecule has 1 unspecified atom stereocenters. The number of fused-ring (bicyclic) bond motifs is 1. The van der Waals surface area contributed by atoms with Crippen LogP contribution in [-0.4, -0.2) is 44.8 Å². The van der Waals surface area contributed by atoms with E-state index in [1.807, 2.05) is 0 Å². The Hall–Kier alpha value is -1.15. The molecule has 0 amide bonds. The van der Waals surface area contributed by atoms with Crippen LogP contribution < -0.4 is 5.32 Å². The van der Waals surface area contributed by atoms with E-state index in [1.165, 1.54) is 4.57 Å². The van der Waals surface area contributed by atoms with Crippen LogP contribution in [0, 0.1) is 0 Å². The maximum Gasteiger partial charge on any atom is 0.451 e. The summed E-state index contributed by atoms with van der Waals surface area (Å²) < 4.78 is 39.5. The first-order valence-corrected chi connectivity index (χ1v) is 7.25. The van der Waals surface area contributed by atoms with E-state index in [1.54, 1.807) is 0 Å². The summed E-state index contributed by atoms with van der Waals surface area (Å²) in [7, 11) is 0. The van der Waals surface area contributed by atoms with Crippen LogP contribution in [0.15, 0.2) is 0 Å². The minimum absolute atomic E-state index is 0.291. The molecule has 1 aromatic rings. The highest BCUT2D eigenvalue weighted by atomic mass is 19.4. The standard InChI is InChI=1S/C13H22F3N5/c1-9(2)17-5-4-10(3)20-6-7-21-11(8-20)18-19-12(21)13(14,15)16/h9-10,17H,4-8H2,1-3H3. The predicted molar refractivity (Wildman–Crippen MR) is 72.7 cm³/mol. The molecule has 2 heterocycles. The SMILES string of the molecule is CC(C)NCCC(C)N1CCn2c(nnc2C(F)(F)F)C1. The molecule has 120 valence electrons. The Morgan fingerprint density at radius 2 is 1.90 bits per heavy atom. The van der Waals surface area contributed by atoms with Crippen molar-refractivity contribution in [3.05, 3.63) is 11.6 Å². The van der Waals surface area contributed by atoms with E-state index in [4.69, 9.17) is 0 Å². The monoisotopic (exact) mass is 305 g/mol. The number of hydrogen-bond donors (Lipinski definition) is 1. The Morgan fingerprint density at radius 3 is 2.52 bits per heavy atom. The molecule has 1 aliphatic heterocycles. The van der Waals surface area contributed by atoms with E-state index in [0.717, 1.165) is 13.0 Å². The van der Waals surface area contributed by atoms with E-state index in [-0.39, 0.29) is 0 Å². The molecular weight excluding hydrogens is 283 g/mol. The molecule has 1 aliphatic rings. The van der Waals surface area contributed by atoms with Crippen molar-refractivity contribution in [2.75, 3.05) is 13.1 Å². The van der Waals surface area contributed by atoms with Gasteiger partial charge in [-0.25, -0.2) is 0 Å². The molecule has 0 saturated carbocycles. The number of rotatable bonds is 5. The molecule has 0 saturated heterocycles. The van der Waals surface area contributed by atoms with E-state index in [2.05, 4.69) is 41.2 Å². The fraction of sp³-hybridized carbons (Fsp3) is 0.846.